The highest BCUT2D eigenvalue weighted by atomic mass is 19.2. The van der Waals surface area contributed by atoms with Gasteiger partial charge in [0, 0.05) is 0 Å². The van der Waals surface area contributed by atoms with E-state index in [1.165, 1.54) is 12.1 Å². The van der Waals surface area contributed by atoms with Crippen molar-refractivity contribution in [3.05, 3.63) is 58.9 Å². The van der Waals surface area contributed by atoms with Crippen LogP contribution in [0.5, 0.6) is 11.5 Å². The molecule has 1 aliphatic carbocycles. The summed E-state index contributed by atoms with van der Waals surface area (Å²) in [6.45, 7) is 4.45. The third-order valence-corrected chi connectivity index (χ3v) is 5.54. The second kappa shape index (κ2) is 9.35. The lowest BCUT2D eigenvalue weighted by Crippen LogP contribution is -2.20. The molecule has 1 fully saturated rings. The number of halogens is 3. The first kappa shape index (κ1) is 20.6. The van der Waals surface area contributed by atoms with E-state index in [0.29, 0.717) is 18.8 Å². The van der Waals surface area contributed by atoms with Crippen molar-refractivity contribution in [2.45, 2.75) is 51.9 Å². The fourth-order valence-corrected chi connectivity index (χ4v) is 3.86. The van der Waals surface area contributed by atoms with E-state index >= 15 is 0 Å². The quantitative estimate of drug-likeness (QED) is 0.541. The van der Waals surface area contributed by atoms with Crippen molar-refractivity contribution in [2.24, 2.45) is 5.92 Å². The van der Waals surface area contributed by atoms with Crippen LogP contribution in [-0.2, 0) is 6.42 Å². The Bertz CT molecular complexity index is 799. The number of hydrogen-bond acceptors (Lipinski definition) is 2. The fourth-order valence-electron chi connectivity index (χ4n) is 3.86. The summed E-state index contributed by atoms with van der Waals surface area (Å²) in [7, 11) is 0. The van der Waals surface area contributed by atoms with Gasteiger partial charge in [0.1, 0.15) is 0 Å². The van der Waals surface area contributed by atoms with Crippen molar-refractivity contribution in [1.29, 1.82) is 0 Å². The van der Waals surface area contributed by atoms with Crippen molar-refractivity contribution in [3.63, 3.8) is 0 Å². The standard InChI is InChI=1S/C23H27F3O2/c1-3-15-7-11-20(19(24)13-15)28-14-16-5-8-17(9-6-16)18-10-12-21(27-4-2)23(26)22(18)25/h7,10-13,16-17H,3-6,8-9,14H2,1-2H3. The average molecular weight is 392 g/mol. The van der Waals surface area contributed by atoms with Crippen LogP contribution in [-0.4, -0.2) is 13.2 Å². The zero-order valence-electron chi connectivity index (χ0n) is 16.4. The Morgan fingerprint density at radius 2 is 1.57 bits per heavy atom. The summed E-state index contributed by atoms with van der Waals surface area (Å²) in [5.74, 6) is -1.53. The van der Waals surface area contributed by atoms with Gasteiger partial charge >= 0.3 is 0 Å². The van der Waals surface area contributed by atoms with Crippen molar-refractivity contribution < 1.29 is 22.6 Å². The molecule has 2 aromatic carbocycles. The molecule has 2 aromatic rings. The number of benzene rings is 2. The van der Waals surface area contributed by atoms with Gasteiger partial charge in [-0.15, -0.1) is 0 Å². The number of aryl methyl sites for hydroxylation is 1. The second-order valence-electron chi connectivity index (χ2n) is 7.36. The molecule has 1 aliphatic rings. The first-order valence-corrected chi connectivity index (χ1v) is 10.0. The van der Waals surface area contributed by atoms with Crippen LogP contribution < -0.4 is 9.47 Å². The monoisotopic (exact) mass is 392 g/mol. The number of rotatable bonds is 7. The molecule has 0 bridgehead atoms. The maximum Gasteiger partial charge on any atom is 0.200 e. The Hall–Kier alpha value is -2.17. The Balaban J connectivity index is 1.55. The van der Waals surface area contributed by atoms with Crippen molar-refractivity contribution in [3.8, 4) is 11.5 Å². The average Bonchev–Trinajstić information content (AvgIpc) is 2.71. The Morgan fingerprint density at radius 1 is 0.857 bits per heavy atom. The van der Waals surface area contributed by atoms with Gasteiger partial charge in [0.25, 0.3) is 0 Å². The molecule has 2 nitrogen and oxygen atoms in total. The van der Waals surface area contributed by atoms with Crippen LogP contribution >= 0.6 is 0 Å². The third kappa shape index (κ3) is 4.62. The van der Waals surface area contributed by atoms with Gasteiger partial charge in [-0.2, -0.15) is 4.39 Å². The van der Waals surface area contributed by atoms with Crippen molar-refractivity contribution in [1.82, 2.24) is 0 Å². The molecule has 28 heavy (non-hydrogen) atoms. The molecule has 0 saturated heterocycles. The number of hydrogen-bond donors (Lipinski definition) is 0. The summed E-state index contributed by atoms with van der Waals surface area (Å²) in [4.78, 5) is 0. The summed E-state index contributed by atoms with van der Waals surface area (Å²) in [5, 5.41) is 0. The van der Waals surface area contributed by atoms with E-state index < -0.39 is 11.6 Å². The molecule has 1 saturated carbocycles. The van der Waals surface area contributed by atoms with Gasteiger partial charge in [0.05, 0.1) is 13.2 Å². The predicted octanol–water partition coefficient (Wildman–Crippen LogP) is 6.42. The first-order chi connectivity index (χ1) is 13.5. The SMILES string of the molecule is CCOc1ccc(C2CCC(COc3ccc(CC)cc3F)CC2)c(F)c1F. The van der Waals surface area contributed by atoms with E-state index in [9.17, 15) is 13.2 Å². The number of ether oxygens (including phenoxy) is 2. The van der Waals surface area contributed by atoms with Gasteiger partial charge in [0.15, 0.2) is 23.1 Å². The Kier molecular flexibility index (Phi) is 6.87. The zero-order valence-corrected chi connectivity index (χ0v) is 16.4. The van der Waals surface area contributed by atoms with Gasteiger partial charge in [-0.25, -0.2) is 8.78 Å². The Morgan fingerprint density at radius 3 is 2.21 bits per heavy atom. The van der Waals surface area contributed by atoms with E-state index in [0.717, 1.165) is 37.7 Å². The van der Waals surface area contributed by atoms with E-state index in [4.69, 9.17) is 9.47 Å². The van der Waals surface area contributed by atoms with E-state index in [1.807, 2.05) is 13.0 Å². The van der Waals surface area contributed by atoms with Crippen LogP contribution in [0.15, 0.2) is 30.3 Å². The largest absolute Gasteiger partial charge is 0.491 e. The molecule has 0 N–H and O–H groups in total. The molecule has 0 radical (unpaired) electrons. The van der Waals surface area contributed by atoms with Crippen LogP contribution in [0.4, 0.5) is 13.2 Å². The highest BCUT2D eigenvalue weighted by molar-refractivity contribution is 5.33. The van der Waals surface area contributed by atoms with E-state index in [1.54, 1.807) is 19.1 Å². The molecule has 0 aromatic heterocycles. The van der Waals surface area contributed by atoms with E-state index in [-0.39, 0.29) is 29.2 Å². The maximum atomic E-state index is 14.4. The summed E-state index contributed by atoms with van der Waals surface area (Å²) in [6.07, 6.45) is 3.98. The summed E-state index contributed by atoms with van der Waals surface area (Å²) in [6, 6.07) is 8.21. The molecule has 0 heterocycles. The van der Waals surface area contributed by atoms with Crippen LogP contribution in [0.2, 0.25) is 0 Å². The summed E-state index contributed by atoms with van der Waals surface area (Å²) < 4.78 is 53.4. The minimum absolute atomic E-state index is 0.0120. The first-order valence-electron chi connectivity index (χ1n) is 10.0. The Labute approximate surface area is 164 Å². The molecule has 152 valence electrons. The molecule has 0 atom stereocenters. The highest BCUT2D eigenvalue weighted by Crippen LogP contribution is 2.39. The predicted molar refractivity (Wildman–Crippen MR) is 103 cm³/mol. The highest BCUT2D eigenvalue weighted by Gasteiger charge is 2.27. The van der Waals surface area contributed by atoms with Crippen LogP contribution in [0, 0.1) is 23.4 Å². The zero-order chi connectivity index (χ0) is 20.1. The molecule has 0 amide bonds. The minimum Gasteiger partial charge on any atom is -0.491 e. The molecular weight excluding hydrogens is 365 g/mol. The molecule has 0 spiro atoms. The molecule has 3 rings (SSSR count). The van der Waals surface area contributed by atoms with Gasteiger partial charge in [-0.05, 0) is 80.2 Å². The van der Waals surface area contributed by atoms with Gasteiger partial charge < -0.3 is 9.47 Å². The van der Waals surface area contributed by atoms with E-state index in [2.05, 4.69) is 0 Å². The minimum atomic E-state index is -0.907. The normalized spacial score (nSPS) is 19.5. The smallest absolute Gasteiger partial charge is 0.200 e. The second-order valence-corrected chi connectivity index (χ2v) is 7.36. The molecular formula is C23H27F3O2. The van der Waals surface area contributed by atoms with Gasteiger partial charge in [-0.1, -0.05) is 19.1 Å². The lowest BCUT2D eigenvalue weighted by atomic mass is 9.79. The third-order valence-electron chi connectivity index (χ3n) is 5.54. The lowest BCUT2D eigenvalue weighted by molar-refractivity contribution is 0.193. The van der Waals surface area contributed by atoms with Crippen LogP contribution in [0.3, 0.4) is 0 Å². The van der Waals surface area contributed by atoms with Gasteiger partial charge in [-0.3, -0.25) is 0 Å². The van der Waals surface area contributed by atoms with Crippen LogP contribution in [0.25, 0.3) is 0 Å². The van der Waals surface area contributed by atoms with Crippen molar-refractivity contribution >= 4 is 0 Å². The van der Waals surface area contributed by atoms with Crippen molar-refractivity contribution in [2.75, 3.05) is 13.2 Å². The topological polar surface area (TPSA) is 18.5 Å². The molecule has 5 heteroatoms. The summed E-state index contributed by atoms with van der Waals surface area (Å²) in [5.41, 5.74) is 1.36. The van der Waals surface area contributed by atoms with Crippen LogP contribution in [0.1, 0.15) is 56.6 Å². The lowest BCUT2D eigenvalue weighted by Gasteiger charge is -2.29. The fraction of sp³-hybridized carbons (Fsp3) is 0.478. The van der Waals surface area contributed by atoms with Gasteiger partial charge in [0.2, 0.25) is 5.82 Å². The molecule has 0 aliphatic heterocycles. The molecule has 0 unspecified atom stereocenters. The summed E-state index contributed by atoms with van der Waals surface area (Å²) >= 11 is 0. The maximum absolute atomic E-state index is 14.4.